The molecule has 0 saturated heterocycles. The first kappa shape index (κ1) is 12.8. The van der Waals surface area contributed by atoms with E-state index in [2.05, 4.69) is 15.3 Å². The molecule has 3 heterocycles. The third kappa shape index (κ3) is 2.31. The van der Waals surface area contributed by atoms with Crippen molar-refractivity contribution in [1.29, 1.82) is 0 Å². The van der Waals surface area contributed by atoms with E-state index in [1.165, 1.54) is 11.3 Å². The molecule has 5 nitrogen and oxygen atoms in total. The third-order valence-corrected chi connectivity index (χ3v) is 4.29. The summed E-state index contributed by atoms with van der Waals surface area (Å²) in [6, 6.07) is 7.31. The molecule has 0 aliphatic carbocycles. The highest BCUT2D eigenvalue weighted by Crippen LogP contribution is 2.24. The first-order valence-electron chi connectivity index (χ1n) is 6.24. The van der Waals surface area contributed by atoms with Crippen LogP contribution in [0.25, 0.3) is 11.0 Å². The Morgan fingerprint density at radius 2 is 2.25 bits per heavy atom. The van der Waals surface area contributed by atoms with Gasteiger partial charge in [0.05, 0.1) is 10.6 Å². The molecule has 0 bridgehead atoms. The maximum absolute atomic E-state index is 12.2. The van der Waals surface area contributed by atoms with Gasteiger partial charge in [-0.05, 0) is 31.2 Å². The normalized spacial score (nSPS) is 12.5. The number of hydrogen-bond acceptors (Lipinski definition) is 4. The predicted octanol–water partition coefficient (Wildman–Crippen LogP) is 2.90. The standard InChI is InChI=1S/C14H14N4OS/c1-8(15)11-2-3-12(20-11)14(19)18-10-5-7-17-13-9(10)4-6-16-13/h2-8H,15H2,1H3,(H2,16,17,18,19). The second-order valence-corrected chi connectivity index (χ2v) is 5.66. The minimum atomic E-state index is -0.129. The molecule has 3 aromatic heterocycles. The van der Waals surface area contributed by atoms with Gasteiger partial charge in [-0.1, -0.05) is 0 Å². The van der Waals surface area contributed by atoms with Crippen molar-refractivity contribution in [2.24, 2.45) is 5.73 Å². The Morgan fingerprint density at radius 3 is 3.00 bits per heavy atom. The molecule has 0 aromatic carbocycles. The van der Waals surface area contributed by atoms with Gasteiger partial charge in [0.25, 0.3) is 5.91 Å². The Hall–Kier alpha value is -2.18. The van der Waals surface area contributed by atoms with Gasteiger partial charge in [0.15, 0.2) is 0 Å². The second kappa shape index (κ2) is 5.07. The molecule has 3 rings (SSSR count). The molecule has 0 aliphatic rings. The fourth-order valence-electron chi connectivity index (χ4n) is 1.97. The van der Waals surface area contributed by atoms with Gasteiger partial charge in [-0.3, -0.25) is 4.79 Å². The summed E-state index contributed by atoms with van der Waals surface area (Å²) in [6.45, 7) is 1.90. The van der Waals surface area contributed by atoms with E-state index in [1.54, 1.807) is 24.5 Å². The zero-order valence-electron chi connectivity index (χ0n) is 10.9. The summed E-state index contributed by atoms with van der Waals surface area (Å²) in [7, 11) is 0. The highest BCUT2D eigenvalue weighted by molar-refractivity contribution is 7.14. The molecule has 0 saturated carbocycles. The SMILES string of the molecule is CC(N)c1ccc(C(=O)Nc2ccnc3[nH]ccc23)s1. The molecular weight excluding hydrogens is 272 g/mol. The van der Waals surface area contributed by atoms with Crippen LogP contribution in [0.4, 0.5) is 5.69 Å². The van der Waals surface area contributed by atoms with Gasteiger partial charge >= 0.3 is 0 Å². The smallest absolute Gasteiger partial charge is 0.265 e. The van der Waals surface area contributed by atoms with Crippen LogP contribution >= 0.6 is 11.3 Å². The van der Waals surface area contributed by atoms with Crippen molar-refractivity contribution in [3.63, 3.8) is 0 Å². The maximum Gasteiger partial charge on any atom is 0.265 e. The maximum atomic E-state index is 12.2. The fraction of sp³-hybridized carbons (Fsp3) is 0.143. The molecule has 20 heavy (non-hydrogen) atoms. The molecule has 0 fully saturated rings. The lowest BCUT2D eigenvalue weighted by Gasteiger charge is -2.04. The van der Waals surface area contributed by atoms with Crippen LogP contribution in [0.1, 0.15) is 27.5 Å². The average Bonchev–Trinajstić information content (AvgIpc) is 3.08. The van der Waals surface area contributed by atoms with Crippen LogP contribution in [0.3, 0.4) is 0 Å². The number of carbonyl (C=O) groups excluding carboxylic acids is 1. The van der Waals surface area contributed by atoms with Gasteiger partial charge in [-0.2, -0.15) is 0 Å². The Labute approximate surface area is 119 Å². The number of nitrogens with two attached hydrogens (primary N) is 1. The topological polar surface area (TPSA) is 83.8 Å². The van der Waals surface area contributed by atoms with Gasteiger partial charge in [-0.15, -0.1) is 11.3 Å². The number of aromatic nitrogens is 2. The number of fused-ring (bicyclic) bond motifs is 1. The number of nitrogens with one attached hydrogen (secondary N) is 2. The second-order valence-electron chi connectivity index (χ2n) is 4.54. The zero-order valence-corrected chi connectivity index (χ0v) is 11.7. The van der Waals surface area contributed by atoms with Crippen molar-refractivity contribution in [2.45, 2.75) is 13.0 Å². The van der Waals surface area contributed by atoms with Crippen LogP contribution in [0.5, 0.6) is 0 Å². The van der Waals surface area contributed by atoms with Crippen molar-refractivity contribution < 1.29 is 4.79 Å². The highest BCUT2D eigenvalue weighted by atomic mass is 32.1. The van der Waals surface area contributed by atoms with Crippen molar-refractivity contribution in [3.8, 4) is 0 Å². The number of nitrogens with zero attached hydrogens (tertiary/aromatic N) is 1. The zero-order chi connectivity index (χ0) is 14.1. The van der Waals surface area contributed by atoms with Crippen LogP contribution in [0.15, 0.2) is 36.7 Å². The Morgan fingerprint density at radius 1 is 1.40 bits per heavy atom. The lowest BCUT2D eigenvalue weighted by molar-refractivity contribution is 0.103. The minimum absolute atomic E-state index is 0.0566. The van der Waals surface area contributed by atoms with Crippen LogP contribution in [-0.2, 0) is 0 Å². The summed E-state index contributed by atoms with van der Waals surface area (Å²) < 4.78 is 0. The van der Waals surface area contributed by atoms with Gasteiger partial charge in [0, 0.05) is 28.7 Å². The number of hydrogen-bond donors (Lipinski definition) is 3. The third-order valence-electron chi connectivity index (χ3n) is 3.01. The van der Waals surface area contributed by atoms with Gasteiger partial charge in [0.2, 0.25) is 0 Å². The molecule has 0 spiro atoms. The Bertz CT molecular complexity index is 759. The molecule has 102 valence electrons. The van der Waals surface area contributed by atoms with E-state index in [0.717, 1.165) is 21.6 Å². The highest BCUT2D eigenvalue weighted by Gasteiger charge is 2.13. The van der Waals surface area contributed by atoms with E-state index in [0.29, 0.717) is 4.88 Å². The van der Waals surface area contributed by atoms with E-state index < -0.39 is 0 Å². The Balaban J connectivity index is 1.86. The number of carbonyl (C=O) groups is 1. The van der Waals surface area contributed by atoms with E-state index in [4.69, 9.17) is 5.73 Å². The van der Waals surface area contributed by atoms with Crippen molar-refractivity contribution in [3.05, 3.63) is 46.4 Å². The van der Waals surface area contributed by atoms with Crippen LogP contribution < -0.4 is 11.1 Å². The molecule has 1 atom stereocenters. The van der Waals surface area contributed by atoms with E-state index in [1.807, 2.05) is 19.1 Å². The average molecular weight is 286 g/mol. The fourth-order valence-corrected chi connectivity index (χ4v) is 2.83. The molecule has 0 radical (unpaired) electrons. The first-order valence-corrected chi connectivity index (χ1v) is 7.05. The minimum Gasteiger partial charge on any atom is -0.346 e. The van der Waals surface area contributed by atoms with E-state index >= 15 is 0 Å². The Kier molecular flexibility index (Phi) is 3.25. The monoisotopic (exact) mass is 286 g/mol. The largest absolute Gasteiger partial charge is 0.346 e. The summed E-state index contributed by atoms with van der Waals surface area (Å²) in [5, 5.41) is 3.80. The number of H-pyrrole nitrogens is 1. The van der Waals surface area contributed by atoms with Crippen molar-refractivity contribution in [2.75, 3.05) is 5.32 Å². The molecule has 1 unspecified atom stereocenters. The predicted molar refractivity (Wildman–Crippen MR) is 81.0 cm³/mol. The van der Waals surface area contributed by atoms with Crippen LogP contribution in [0, 0.1) is 0 Å². The molecule has 6 heteroatoms. The summed E-state index contributed by atoms with van der Waals surface area (Å²) >= 11 is 1.42. The molecule has 3 aromatic rings. The van der Waals surface area contributed by atoms with Gasteiger partial charge < -0.3 is 16.0 Å². The molecule has 1 amide bonds. The van der Waals surface area contributed by atoms with Gasteiger partial charge in [-0.25, -0.2) is 4.98 Å². The number of aromatic amines is 1. The first-order chi connectivity index (χ1) is 9.65. The molecule has 4 N–H and O–H groups in total. The number of anilines is 1. The number of amides is 1. The van der Waals surface area contributed by atoms with Crippen LogP contribution in [0.2, 0.25) is 0 Å². The van der Waals surface area contributed by atoms with Gasteiger partial charge in [0.1, 0.15) is 5.65 Å². The van der Waals surface area contributed by atoms with Crippen LogP contribution in [-0.4, -0.2) is 15.9 Å². The van der Waals surface area contributed by atoms with Crippen molar-refractivity contribution in [1.82, 2.24) is 9.97 Å². The van der Waals surface area contributed by atoms with E-state index in [9.17, 15) is 4.79 Å². The molecule has 0 aliphatic heterocycles. The quantitative estimate of drug-likeness (QED) is 0.692. The summed E-state index contributed by atoms with van der Waals surface area (Å²) in [5.74, 6) is -0.129. The number of rotatable bonds is 3. The number of pyridine rings is 1. The van der Waals surface area contributed by atoms with Crippen molar-refractivity contribution >= 4 is 34.0 Å². The lowest BCUT2D eigenvalue weighted by atomic mass is 10.2. The summed E-state index contributed by atoms with van der Waals surface area (Å²) in [6.07, 6.45) is 3.46. The lowest BCUT2D eigenvalue weighted by Crippen LogP contribution is -2.10. The van der Waals surface area contributed by atoms with E-state index in [-0.39, 0.29) is 11.9 Å². The summed E-state index contributed by atoms with van der Waals surface area (Å²) in [5.41, 5.74) is 7.31. The summed E-state index contributed by atoms with van der Waals surface area (Å²) in [4.78, 5) is 21.1. The molecular formula is C14H14N4OS. The number of thiophene rings is 1.